The summed E-state index contributed by atoms with van der Waals surface area (Å²) in [5.74, 6) is 1.39. The second kappa shape index (κ2) is 8.48. The quantitative estimate of drug-likeness (QED) is 0.600. The van der Waals surface area contributed by atoms with Crippen LogP contribution in [0.1, 0.15) is 31.9 Å². The number of hydrogen-bond donors (Lipinski definition) is 2. The lowest BCUT2D eigenvalue weighted by Gasteiger charge is -2.28. The first kappa shape index (κ1) is 19.2. The Balaban J connectivity index is 1.74. The van der Waals surface area contributed by atoms with Crippen LogP contribution in [-0.2, 0) is 4.79 Å². The third kappa shape index (κ3) is 4.02. The van der Waals surface area contributed by atoms with Crippen LogP contribution in [0.15, 0.2) is 71.3 Å². The number of hydrogen-bond acceptors (Lipinski definition) is 6. The van der Waals surface area contributed by atoms with E-state index in [0.29, 0.717) is 16.7 Å². The molecule has 0 radical (unpaired) electrons. The second-order valence-electron chi connectivity index (χ2n) is 6.68. The van der Waals surface area contributed by atoms with E-state index in [-0.39, 0.29) is 5.91 Å². The Morgan fingerprint density at radius 3 is 2.79 bits per heavy atom. The Morgan fingerprint density at radius 1 is 1.24 bits per heavy atom. The summed E-state index contributed by atoms with van der Waals surface area (Å²) in [5.41, 5.74) is 2.96. The maximum atomic E-state index is 13.3. The van der Waals surface area contributed by atoms with Crippen LogP contribution in [0.25, 0.3) is 0 Å². The Hall–Kier alpha value is -3.13. The molecule has 1 aliphatic rings. The van der Waals surface area contributed by atoms with E-state index < -0.39 is 6.04 Å². The van der Waals surface area contributed by atoms with Crippen molar-refractivity contribution in [3.05, 3.63) is 71.7 Å². The minimum Gasteiger partial charge on any atom is -0.328 e. The highest BCUT2D eigenvalue weighted by atomic mass is 32.2. The van der Waals surface area contributed by atoms with Crippen molar-refractivity contribution in [1.82, 2.24) is 19.7 Å². The van der Waals surface area contributed by atoms with Gasteiger partial charge in [-0.1, -0.05) is 43.0 Å². The second-order valence-corrected chi connectivity index (χ2v) is 7.75. The van der Waals surface area contributed by atoms with Gasteiger partial charge in [-0.3, -0.25) is 9.78 Å². The van der Waals surface area contributed by atoms with Crippen molar-refractivity contribution in [3.8, 4) is 0 Å². The minimum atomic E-state index is -0.410. The van der Waals surface area contributed by atoms with Crippen molar-refractivity contribution in [2.75, 3.05) is 16.4 Å². The van der Waals surface area contributed by atoms with Crippen LogP contribution in [0.4, 0.5) is 11.6 Å². The maximum Gasteiger partial charge on any atom is 0.255 e. The Bertz CT molecular complexity index is 1030. The van der Waals surface area contributed by atoms with Crippen molar-refractivity contribution in [3.63, 3.8) is 0 Å². The molecule has 4 rings (SSSR count). The third-order valence-corrected chi connectivity index (χ3v) is 5.59. The molecule has 29 heavy (non-hydrogen) atoms. The molecule has 2 N–H and O–H groups in total. The minimum absolute atomic E-state index is 0.182. The van der Waals surface area contributed by atoms with Gasteiger partial charge in [0, 0.05) is 29.5 Å². The molecule has 2 aromatic heterocycles. The van der Waals surface area contributed by atoms with E-state index in [1.807, 2.05) is 49.4 Å². The molecule has 1 atom stereocenters. The summed E-state index contributed by atoms with van der Waals surface area (Å²) in [6.45, 7) is 4.01. The number of anilines is 2. The van der Waals surface area contributed by atoms with Crippen molar-refractivity contribution in [1.29, 1.82) is 0 Å². The Kier molecular flexibility index (Phi) is 5.62. The first-order chi connectivity index (χ1) is 14.2. The average molecular weight is 407 g/mol. The fourth-order valence-corrected chi connectivity index (χ4v) is 3.93. The number of carbonyl (C=O) groups excluding carboxylic acids is 1. The van der Waals surface area contributed by atoms with Gasteiger partial charge in [-0.05, 0) is 37.1 Å². The number of amides is 1. The predicted molar refractivity (Wildman–Crippen MR) is 115 cm³/mol. The molecule has 148 valence electrons. The number of pyridine rings is 1. The maximum absolute atomic E-state index is 13.3. The normalized spacial score (nSPS) is 15.6. The predicted octanol–water partition coefficient (Wildman–Crippen LogP) is 4.10. The monoisotopic (exact) mass is 406 g/mol. The van der Waals surface area contributed by atoms with Crippen molar-refractivity contribution >= 4 is 29.3 Å². The molecule has 0 spiro atoms. The number of nitrogens with zero attached hydrogens (tertiary/aromatic N) is 4. The van der Waals surface area contributed by atoms with E-state index in [4.69, 9.17) is 0 Å². The lowest BCUT2D eigenvalue weighted by atomic mass is 9.96. The van der Waals surface area contributed by atoms with Gasteiger partial charge in [0.2, 0.25) is 11.1 Å². The van der Waals surface area contributed by atoms with Crippen LogP contribution in [0, 0.1) is 0 Å². The lowest BCUT2D eigenvalue weighted by molar-refractivity contribution is -0.113. The largest absolute Gasteiger partial charge is 0.328 e. The van der Waals surface area contributed by atoms with Gasteiger partial charge in [-0.15, -0.1) is 5.10 Å². The number of aromatic nitrogens is 4. The molecular weight excluding hydrogens is 384 g/mol. The molecule has 1 unspecified atom stereocenters. The number of para-hydroxylation sites is 1. The fraction of sp³-hybridized carbons (Fsp3) is 0.238. The van der Waals surface area contributed by atoms with Gasteiger partial charge in [0.05, 0.1) is 5.57 Å². The summed E-state index contributed by atoms with van der Waals surface area (Å²) < 4.78 is 1.78. The molecule has 1 aromatic carbocycles. The topological polar surface area (TPSA) is 84.7 Å². The molecule has 1 amide bonds. The van der Waals surface area contributed by atoms with Gasteiger partial charge < -0.3 is 10.6 Å². The lowest BCUT2D eigenvalue weighted by Crippen LogP contribution is -2.31. The summed E-state index contributed by atoms with van der Waals surface area (Å²) in [6.07, 6.45) is 4.52. The van der Waals surface area contributed by atoms with Gasteiger partial charge in [0.15, 0.2) is 0 Å². The van der Waals surface area contributed by atoms with E-state index >= 15 is 0 Å². The molecule has 8 heteroatoms. The number of thioether (sulfide) groups is 1. The SMILES string of the molecule is CCCSc1nc2n(n1)C(c1cccnc1)C(C(=O)Nc1ccccc1)=C(C)N2. The van der Waals surface area contributed by atoms with Gasteiger partial charge in [0.25, 0.3) is 5.91 Å². The molecule has 0 fully saturated rings. The number of rotatable bonds is 6. The van der Waals surface area contributed by atoms with Crippen molar-refractivity contribution in [2.24, 2.45) is 0 Å². The fourth-order valence-electron chi connectivity index (χ4n) is 3.25. The van der Waals surface area contributed by atoms with Crippen LogP contribution in [0.5, 0.6) is 0 Å². The summed E-state index contributed by atoms with van der Waals surface area (Å²) >= 11 is 1.61. The standard InChI is InChI=1S/C21H22N6OS/c1-3-12-29-21-25-20-23-14(2)17(19(28)24-16-9-5-4-6-10-16)18(27(20)26-21)15-8-7-11-22-13-15/h4-11,13,18H,3,12H2,1-2H3,(H,24,28)(H,23,25,26). The number of carbonyl (C=O) groups is 1. The van der Waals surface area contributed by atoms with Crippen LogP contribution in [0.2, 0.25) is 0 Å². The summed E-state index contributed by atoms with van der Waals surface area (Å²) in [6, 6.07) is 12.8. The van der Waals surface area contributed by atoms with E-state index in [9.17, 15) is 4.79 Å². The summed E-state index contributed by atoms with van der Waals surface area (Å²) in [4.78, 5) is 22.1. The zero-order valence-corrected chi connectivity index (χ0v) is 17.1. The highest BCUT2D eigenvalue weighted by Crippen LogP contribution is 2.36. The molecule has 3 heterocycles. The van der Waals surface area contributed by atoms with Crippen LogP contribution in [0.3, 0.4) is 0 Å². The van der Waals surface area contributed by atoms with E-state index in [0.717, 1.165) is 29.1 Å². The van der Waals surface area contributed by atoms with E-state index in [2.05, 4.69) is 32.6 Å². The summed E-state index contributed by atoms with van der Waals surface area (Å²) in [5, 5.41) is 11.6. The van der Waals surface area contributed by atoms with Gasteiger partial charge in [-0.25, -0.2) is 4.68 Å². The number of fused-ring (bicyclic) bond motifs is 1. The highest BCUT2D eigenvalue weighted by molar-refractivity contribution is 7.99. The third-order valence-electron chi connectivity index (χ3n) is 4.54. The first-order valence-electron chi connectivity index (χ1n) is 9.51. The van der Waals surface area contributed by atoms with Crippen LogP contribution < -0.4 is 10.6 Å². The first-order valence-corrected chi connectivity index (χ1v) is 10.5. The molecule has 3 aromatic rings. The molecular formula is C21H22N6OS. The van der Waals surface area contributed by atoms with Gasteiger partial charge >= 0.3 is 0 Å². The zero-order valence-electron chi connectivity index (χ0n) is 16.3. The van der Waals surface area contributed by atoms with E-state index in [1.165, 1.54) is 0 Å². The number of nitrogens with one attached hydrogen (secondary N) is 2. The van der Waals surface area contributed by atoms with Gasteiger partial charge in [-0.2, -0.15) is 4.98 Å². The van der Waals surface area contributed by atoms with E-state index in [1.54, 1.807) is 28.8 Å². The van der Waals surface area contributed by atoms with Crippen LogP contribution in [-0.4, -0.2) is 31.4 Å². The van der Waals surface area contributed by atoms with Crippen molar-refractivity contribution < 1.29 is 4.79 Å². The molecule has 7 nitrogen and oxygen atoms in total. The summed E-state index contributed by atoms with van der Waals surface area (Å²) in [7, 11) is 0. The molecule has 0 saturated carbocycles. The highest BCUT2D eigenvalue weighted by Gasteiger charge is 2.34. The van der Waals surface area contributed by atoms with Crippen LogP contribution >= 0.6 is 11.8 Å². The number of allylic oxidation sites excluding steroid dienone is 1. The average Bonchev–Trinajstić information content (AvgIpc) is 3.14. The number of benzene rings is 1. The smallest absolute Gasteiger partial charge is 0.255 e. The Morgan fingerprint density at radius 2 is 2.07 bits per heavy atom. The van der Waals surface area contributed by atoms with Gasteiger partial charge in [0.1, 0.15) is 6.04 Å². The molecule has 1 aliphatic heterocycles. The zero-order chi connectivity index (χ0) is 20.2. The van der Waals surface area contributed by atoms with Crippen molar-refractivity contribution in [2.45, 2.75) is 31.5 Å². The molecule has 0 saturated heterocycles. The molecule has 0 aliphatic carbocycles. The molecule has 0 bridgehead atoms. The Labute approximate surface area is 173 Å².